The summed E-state index contributed by atoms with van der Waals surface area (Å²) in [4.78, 5) is 11.5. The zero-order valence-corrected chi connectivity index (χ0v) is 11.5. The summed E-state index contributed by atoms with van der Waals surface area (Å²) in [6.45, 7) is 8.01. The number of aliphatic hydroxyl groups excluding tert-OH is 1. The van der Waals surface area contributed by atoms with Crippen molar-refractivity contribution in [2.75, 3.05) is 5.32 Å². The molecule has 0 bridgehead atoms. The van der Waals surface area contributed by atoms with E-state index in [1.54, 1.807) is 0 Å². The van der Waals surface area contributed by atoms with Crippen LogP contribution in [0.15, 0.2) is 12.1 Å². The molecule has 0 radical (unpaired) electrons. The van der Waals surface area contributed by atoms with Gasteiger partial charge < -0.3 is 10.4 Å². The van der Waals surface area contributed by atoms with Gasteiger partial charge in [0, 0.05) is 17.7 Å². The minimum absolute atomic E-state index is 0.0358. The van der Waals surface area contributed by atoms with Gasteiger partial charge in [-0.25, -0.2) is 0 Å². The monoisotopic (exact) mass is 247 g/mol. The first kappa shape index (κ1) is 13.1. The predicted octanol–water partition coefficient (Wildman–Crippen LogP) is 2.96. The lowest BCUT2D eigenvalue weighted by atomic mass is 9.82. The molecule has 0 saturated carbocycles. The molecule has 18 heavy (non-hydrogen) atoms. The molecule has 1 heterocycles. The van der Waals surface area contributed by atoms with Gasteiger partial charge in [0.25, 0.3) is 0 Å². The second-order valence-corrected chi connectivity index (χ2v) is 6.21. The van der Waals surface area contributed by atoms with E-state index in [0.29, 0.717) is 6.42 Å². The number of hydrogen-bond acceptors (Lipinski definition) is 2. The van der Waals surface area contributed by atoms with E-state index in [2.05, 4.69) is 11.4 Å². The van der Waals surface area contributed by atoms with Crippen LogP contribution >= 0.6 is 0 Å². The Bertz CT molecular complexity index is 486. The fourth-order valence-electron chi connectivity index (χ4n) is 2.37. The van der Waals surface area contributed by atoms with Gasteiger partial charge in [-0.2, -0.15) is 0 Å². The average molecular weight is 247 g/mol. The molecule has 1 aliphatic heterocycles. The highest BCUT2D eigenvalue weighted by molar-refractivity contribution is 5.95. The highest BCUT2D eigenvalue weighted by atomic mass is 16.3. The number of rotatable bonds is 1. The zero-order chi connectivity index (χ0) is 13.5. The fraction of sp³-hybridized carbons (Fsp3) is 0.533. The summed E-state index contributed by atoms with van der Waals surface area (Å²) in [6.07, 6.45) is 0.707. The molecule has 0 aromatic heterocycles. The first-order chi connectivity index (χ1) is 8.29. The van der Waals surface area contributed by atoms with Crippen LogP contribution in [-0.4, -0.2) is 11.0 Å². The number of benzene rings is 1. The van der Waals surface area contributed by atoms with Gasteiger partial charge in [0.2, 0.25) is 5.91 Å². The third-order valence-corrected chi connectivity index (χ3v) is 3.40. The van der Waals surface area contributed by atoms with E-state index in [9.17, 15) is 9.90 Å². The topological polar surface area (TPSA) is 49.3 Å². The van der Waals surface area contributed by atoms with Crippen molar-refractivity contribution in [1.29, 1.82) is 0 Å². The molecule has 0 fully saturated rings. The number of aryl methyl sites for hydroxylation is 2. The highest BCUT2D eigenvalue weighted by Crippen LogP contribution is 2.39. The molecular formula is C15H21NO2. The maximum Gasteiger partial charge on any atom is 0.224 e. The lowest BCUT2D eigenvalue weighted by Gasteiger charge is -2.30. The van der Waals surface area contributed by atoms with Crippen molar-refractivity contribution in [3.05, 3.63) is 28.8 Å². The van der Waals surface area contributed by atoms with Crippen LogP contribution < -0.4 is 5.32 Å². The van der Waals surface area contributed by atoms with Crippen LogP contribution in [0.5, 0.6) is 0 Å². The molecule has 1 unspecified atom stereocenters. The van der Waals surface area contributed by atoms with Gasteiger partial charge in [-0.1, -0.05) is 38.5 Å². The summed E-state index contributed by atoms with van der Waals surface area (Å²) in [5.74, 6) is 0.0358. The normalized spacial score (nSPS) is 17.1. The maximum atomic E-state index is 11.5. The molecule has 3 nitrogen and oxygen atoms in total. The lowest BCUT2D eigenvalue weighted by molar-refractivity contribution is -0.116. The Morgan fingerprint density at radius 3 is 2.56 bits per heavy atom. The average Bonchev–Trinajstić information content (AvgIpc) is 2.26. The maximum absolute atomic E-state index is 11.5. The van der Waals surface area contributed by atoms with Crippen molar-refractivity contribution in [1.82, 2.24) is 0 Å². The van der Waals surface area contributed by atoms with Crippen molar-refractivity contribution >= 4 is 11.6 Å². The quantitative estimate of drug-likeness (QED) is 0.801. The number of anilines is 1. The number of carbonyl (C=O) groups is 1. The third-order valence-electron chi connectivity index (χ3n) is 3.40. The molecule has 3 heteroatoms. The van der Waals surface area contributed by atoms with E-state index in [1.165, 1.54) is 0 Å². The number of hydrogen-bond donors (Lipinski definition) is 2. The molecule has 0 saturated heterocycles. The standard InChI is InChI=1S/C15H21NO2/c1-9-7-10-5-6-12(17)16-13(10)11(8-9)14(18)15(2,3)4/h7-8,14,18H,5-6H2,1-4H3,(H,16,17). The van der Waals surface area contributed by atoms with Gasteiger partial charge in [-0.15, -0.1) is 0 Å². The minimum Gasteiger partial charge on any atom is -0.388 e. The molecular weight excluding hydrogens is 226 g/mol. The zero-order valence-electron chi connectivity index (χ0n) is 11.5. The SMILES string of the molecule is Cc1cc2c(c(C(O)C(C)(C)C)c1)NC(=O)CC2. The number of carbonyl (C=O) groups excluding carboxylic acids is 1. The molecule has 2 N–H and O–H groups in total. The summed E-state index contributed by atoms with van der Waals surface area (Å²) < 4.78 is 0. The van der Waals surface area contributed by atoms with Gasteiger partial charge in [-0.05, 0) is 24.3 Å². The van der Waals surface area contributed by atoms with Gasteiger partial charge in [0.15, 0.2) is 0 Å². The van der Waals surface area contributed by atoms with Crippen molar-refractivity contribution in [2.24, 2.45) is 5.41 Å². The van der Waals surface area contributed by atoms with E-state index in [-0.39, 0.29) is 11.3 Å². The van der Waals surface area contributed by atoms with E-state index in [0.717, 1.165) is 28.8 Å². The molecule has 1 aromatic rings. The van der Waals surface area contributed by atoms with Crippen molar-refractivity contribution in [3.63, 3.8) is 0 Å². The molecule has 0 spiro atoms. The smallest absolute Gasteiger partial charge is 0.224 e. The molecule has 1 aliphatic rings. The van der Waals surface area contributed by atoms with E-state index < -0.39 is 6.10 Å². The van der Waals surface area contributed by atoms with Crippen LogP contribution in [0.1, 0.15) is 50.0 Å². The van der Waals surface area contributed by atoms with Crippen LogP contribution in [-0.2, 0) is 11.2 Å². The van der Waals surface area contributed by atoms with Crippen molar-refractivity contribution < 1.29 is 9.90 Å². The Hall–Kier alpha value is -1.35. The second kappa shape index (κ2) is 4.39. The van der Waals surface area contributed by atoms with E-state index in [4.69, 9.17) is 0 Å². The van der Waals surface area contributed by atoms with E-state index >= 15 is 0 Å². The predicted molar refractivity (Wildman–Crippen MR) is 72.5 cm³/mol. The van der Waals surface area contributed by atoms with Crippen LogP contribution in [0.25, 0.3) is 0 Å². The van der Waals surface area contributed by atoms with Gasteiger partial charge >= 0.3 is 0 Å². The van der Waals surface area contributed by atoms with Crippen LogP contribution in [0.4, 0.5) is 5.69 Å². The third kappa shape index (κ3) is 2.41. The number of fused-ring (bicyclic) bond motifs is 1. The van der Waals surface area contributed by atoms with Crippen LogP contribution in [0.3, 0.4) is 0 Å². The second-order valence-electron chi connectivity index (χ2n) is 6.21. The van der Waals surface area contributed by atoms with Crippen LogP contribution in [0, 0.1) is 12.3 Å². The molecule has 1 aromatic carbocycles. The number of nitrogens with one attached hydrogen (secondary N) is 1. The molecule has 1 atom stereocenters. The molecule has 2 rings (SSSR count). The first-order valence-corrected chi connectivity index (χ1v) is 6.40. The number of amides is 1. The molecule has 1 amide bonds. The Labute approximate surface area is 108 Å². The van der Waals surface area contributed by atoms with Crippen molar-refractivity contribution in [2.45, 2.75) is 46.6 Å². The van der Waals surface area contributed by atoms with Gasteiger partial charge in [0.05, 0.1) is 6.10 Å². The number of aliphatic hydroxyl groups is 1. The molecule has 98 valence electrons. The Kier molecular flexibility index (Phi) is 3.20. The summed E-state index contributed by atoms with van der Waals surface area (Å²) >= 11 is 0. The minimum atomic E-state index is -0.579. The summed E-state index contributed by atoms with van der Waals surface area (Å²) in [5, 5.41) is 13.4. The lowest BCUT2D eigenvalue weighted by Crippen LogP contribution is -2.25. The van der Waals surface area contributed by atoms with Crippen molar-refractivity contribution in [3.8, 4) is 0 Å². The van der Waals surface area contributed by atoms with Gasteiger partial charge in [0.1, 0.15) is 0 Å². The Morgan fingerprint density at radius 1 is 1.28 bits per heavy atom. The molecule has 0 aliphatic carbocycles. The highest BCUT2D eigenvalue weighted by Gasteiger charge is 2.29. The Morgan fingerprint density at radius 2 is 1.94 bits per heavy atom. The first-order valence-electron chi connectivity index (χ1n) is 6.40. The summed E-state index contributed by atoms with van der Waals surface area (Å²) in [5.41, 5.74) is 3.67. The summed E-state index contributed by atoms with van der Waals surface area (Å²) in [6, 6.07) is 4.06. The van der Waals surface area contributed by atoms with Gasteiger partial charge in [-0.3, -0.25) is 4.79 Å². The Balaban J connectivity index is 2.53. The largest absolute Gasteiger partial charge is 0.388 e. The fourth-order valence-corrected chi connectivity index (χ4v) is 2.37. The summed E-state index contributed by atoms with van der Waals surface area (Å²) in [7, 11) is 0. The van der Waals surface area contributed by atoms with E-state index in [1.807, 2.05) is 33.8 Å². The van der Waals surface area contributed by atoms with Crippen LogP contribution in [0.2, 0.25) is 0 Å².